The number of thiophene rings is 1. The lowest BCUT2D eigenvalue weighted by Crippen LogP contribution is -2.35. The van der Waals surface area contributed by atoms with E-state index in [1.54, 1.807) is 17.6 Å². The molecule has 0 spiro atoms. The molecule has 1 aliphatic rings. The van der Waals surface area contributed by atoms with Gasteiger partial charge in [0.1, 0.15) is 0 Å². The Bertz CT molecular complexity index is 767. The van der Waals surface area contributed by atoms with Crippen molar-refractivity contribution in [2.45, 2.75) is 19.0 Å². The van der Waals surface area contributed by atoms with Crippen LogP contribution >= 0.6 is 23.1 Å². The van der Waals surface area contributed by atoms with E-state index in [4.69, 9.17) is 4.74 Å². The van der Waals surface area contributed by atoms with Crippen molar-refractivity contribution in [3.63, 3.8) is 0 Å². The number of rotatable bonds is 6. The molecule has 3 heterocycles. The van der Waals surface area contributed by atoms with Crippen LogP contribution in [-0.2, 0) is 9.53 Å². The topological polar surface area (TPSA) is 79.7 Å². The average molecular weight is 392 g/mol. The predicted molar refractivity (Wildman–Crippen MR) is 105 cm³/mol. The number of hydrogen-bond donors (Lipinski definition) is 1. The van der Waals surface area contributed by atoms with Crippen molar-refractivity contribution in [2.75, 3.05) is 37.0 Å². The Morgan fingerprint density at radius 2 is 2.08 bits per heavy atom. The van der Waals surface area contributed by atoms with Crippen LogP contribution < -0.4 is 10.3 Å². The Kier molecular flexibility index (Phi) is 6.59. The standard InChI is InChI=1S/C17H21N5O2S2/c1-12-9-13(2)20-17(19-12)25-11-15(23)21-18-10-14-3-4-16(26-14)22-5-7-24-8-6-22/h3-4,9-10H,5-8,11H2,1-2H3,(H,21,23)/b18-10+. The summed E-state index contributed by atoms with van der Waals surface area (Å²) in [6.07, 6.45) is 1.67. The zero-order valence-electron chi connectivity index (χ0n) is 14.8. The first kappa shape index (κ1) is 18.8. The zero-order chi connectivity index (χ0) is 18.4. The van der Waals surface area contributed by atoms with E-state index in [0.717, 1.165) is 42.6 Å². The molecule has 1 fully saturated rings. The van der Waals surface area contributed by atoms with Gasteiger partial charge in [-0.3, -0.25) is 4.79 Å². The van der Waals surface area contributed by atoms with Crippen LogP contribution in [0.1, 0.15) is 16.3 Å². The molecule has 1 N–H and O–H groups in total. The molecular weight excluding hydrogens is 370 g/mol. The molecule has 9 heteroatoms. The highest BCUT2D eigenvalue weighted by atomic mass is 32.2. The summed E-state index contributed by atoms with van der Waals surface area (Å²) in [4.78, 5) is 23.8. The number of morpholine rings is 1. The normalized spacial score (nSPS) is 14.8. The number of nitrogens with one attached hydrogen (secondary N) is 1. The van der Waals surface area contributed by atoms with Gasteiger partial charge in [0.25, 0.3) is 5.91 Å². The lowest BCUT2D eigenvalue weighted by molar-refractivity contribution is -0.118. The van der Waals surface area contributed by atoms with Crippen LogP contribution in [0.15, 0.2) is 28.5 Å². The van der Waals surface area contributed by atoms with Gasteiger partial charge < -0.3 is 9.64 Å². The maximum absolute atomic E-state index is 11.9. The summed E-state index contributed by atoms with van der Waals surface area (Å²) in [5.41, 5.74) is 4.34. The summed E-state index contributed by atoms with van der Waals surface area (Å²) in [6, 6.07) is 5.98. The Morgan fingerprint density at radius 1 is 1.35 bits per heavy atom. The van der Waals surface area contributed by atoms with Crippen LogP contribution in [0.25, 0.3) is 0 Å². The molecule has 0 unspecified atom stereocenters. The monoisotopic (exact) mass is 391 g/mol. The number of hydrazone groups is 1. The van der Waals surface area contributed by atoms with Crippen LogP contribution in [0.2, 0.25) is 0 Å². The summed E-state index contributed by atoms with van der Waals surface area (Å²) in [5.74, 6) is 0.0444. The number of aromatic nitrogens is 2. The Hall–Kier alpha value is -1.97. The van der Waals surface area contributed by atoms with Crippen LogP contribution in [0, 0.1) is 13.8 Å². The molecule has 1 aliphatic heterocycles. The van der Waals surface area contributed by atoms with Gasteiger partial charge in [-0.15, -0.1) is 11.3 Å². The molecule has 2 aromatic heterocycles. The zero-order valence-corrected chi connectivity index (χ0v) is 16.4. The second-order valence-electron chi connectivity index (χ2n) is 5.79. The molecule has 1 saturated heterocycles. The Labute approximate surface area is 160 Å². The van der Waals surface area contributed by atoms with Crippen molar-refractivity contribution in [3.05, 3.63) is 34.5 Å². The molecule has 0 radical (unpaired) electrons. The Balaban J connectivity index is 1.46. The van der Waals surface area contributed by atoms with E-state index >= 15 is 0 Å². The third kappa shape index (κ3) is 5.52. The number of carbonyl (C=O) groups is 1. The summed E-state index contributed by atoms with van der Waals surface area (Å²) in [6.45, 7) is 7.17. The van der Waals surface area contributed by atoms with Gasteiger partial charge in [-0.25, -0.2) is 15.4 Å². The van der Waals surface area contributed by atoms with E-state index in [1.807, 2.05) is 26.0 Å². The van der Waals surface area contributed by atoms with Gasteiger partial charge in [0.2, 0.25) is 0 Å². The van der Waals surface area contributed by atoms with E-state index in [0.29, 0.717) is 5.16 Å². The van der Waals surface area contributed by atoms with E-state index in [1.165, 1.54) is 16.8 Å². The third-order valence-corrected chi connectivity index (χ3v) is 5.54. The molecule has 0 aliphatic carbocycles. The van der Waals surface area contributed by atoms with E-state index in [2.05, 4.69) is 31.5 Å². The molecule has 138 valence electrons. The smallest absolute Gasteiger partial charge is 0.250 e. The predicted octanol–water partition coefficient (Wildman–Crippen LogP) is 2.23. The summed E-state index contributed by atoms with van der Waals surface area (Å²) >= 11 is 2.95. The third-order valence-electron chi connectivity index (χ3n) is 3.61. The molecule has 0 atom stereocenters. The van der Waals surface area contributed by atoms with Gasteiger partial charge in [0, 0.05) is 29.4 Å². The highest BCUT2D eigenvalue weighted by Gasteiger charge is 2.12. The first-order valence-electron chi connectivity index (χ1n) is 8.30. The lowest BCUT2D eigenvalue weighted by Gasteiger charge is -2.27. The number of ether oxygens (including phenoxy) is 1. The molecule has 3 rings (SSSR count). The van der Waals surface area contributed by atoms with Crippen LogP contribution in [0.3, 0.4) is 0 Å². The van der Waals surface area contributed by atoms with Crippen LogP contribution in [0.5, 0.6) is 0 Å². The van der Waals surface area contributed by atoms with E-state index in [9.17, 15) is 4.79 Å². The molecular formula is C17H21N5O2S2. The Morgan fingerprint density at radius 3 is 2.81 bits per heavy atom. The maximum Gasteiger partial charge on any atom is 0.250 e. The second-order valence-corrected chi connectivity index (χ2v) is 7.83. The van der Waals surface area contributed by atoms with Gasteiger partial charge >= 0.3 is 0 Å². The van der Waals surface area contributed by atoms with Gasteiger partial charge in [-0.1, -0.05) is 11.8 Å². The van der Waals surface area contributed by atoms with Crippen molar-refractivity contribution in [2.24, 2.45) is 5.10 Å². The van der Waals surface area contributed by atoms with Crippen molar-refractivity contribution >= 4 is 40.2 Å². The maximum atomic E-state index is 11.9. The summed E-state index contributed by atoms with van der Waals surface area (Å²) in [5, 5.41) is 5.84. The number of carbonyl (C=O) groups excluding carboxylic acids is 1. The SMILES string of the molecule is Cc1cc(C)nc(SCC(=O)N/N=C/c2ccc(N3CCOCC3)s2)n1. The molecule has 0 bridgehead atoms. The van der Waals surface area contributed by atoms with E-state index < -0.39 is 0 Å². The van der Waals surface area contributed by atoms with Crippen molar-refractivity contribution in [1.29, 1.82) is 0 Å². The lowest BCUT2D eigenvalue weighted by atomic mass is 10.4. The minimum absolute atomic E-state index is 0.182. The van der Waals surface area contributed by atoms with Crippen molar-refractivity contribution < 1.29 is 9.53 Å². The number of thioether (sulfide) groups is 1. The van der Waals surface area contributed by atoms with E-state index in [-0.39, 0.29) is 11.7 Å². The molecule has 2 aromatic rings. The minimum atomic E-state index is -0.182. The van der Waals surface area contributed by atoms with Crippen molar-refractivity contribution in [3.8, 4) is 0 Å². The number of aryl methyl sites for hydroxylation is 2. The fraction of sp³-hybridized carbons (Fsp3) is 0.412. The fourth-order valence-electron chi connectivity index (χ4n) is 2.45. The molecule has 7 nitrogen and oxygen atoms in total. The minimum Gasteiger partial charge on any atom is -0.378 e. The summed E-state index contributed by atoms with van der Waals surface area (Å²) < 4.78 is 5.37. The average Bonchev–Trinajstić information content (AvgIpc) is 3.09. The second kappa shape index (κ2) is 9.11. The fourth-order valence-corrected chi connectivity index (χ4v) is 4.13. The van der Waals surface area contributed by atoms with Gasteiger partial charge in [0.05, 0.1) is 30.2 Å². The largest absolute Gasteiger partial charge is 0.378 e. The summed E-state index contributed by atoms with van der Waals surface area (Å²) in [7, 11) is 0. The van der Waals surface area contributed by atoms with Gasteiger partial charge in [-0.05, 0) is 32.0 Å². The van der Waals surface area contributed by atoms with Crippen LogP contribution in [0.4, 0.5) is 5.00 Å². The quantitative estimate of drug-likeness (QED) is 0.352. The number of anilines is 1. The molecule has 0 saturated carbocycles. The molecule has 1 amide bonds. The first-order chi connectivity index (χ1) is 12.6. The number of nitrogens with zero attached hydrogens (tertiary/aromatic N) is 4. The molecule has 26 heavy (non-hydrogen) atoms. The highest BCUT2D eigenvalue weighted by Crippen LogP contribution is 2.25. The van der Waals surface area contributed by atoms with Crippen LogP contribution in [-0.4, -0.2) is 54.1 Å². The first-order valence-corrected chi connectivity index (χ1v) is 10.1. The highest BCUT2D eigenvalue weighted by molar-refractivity contribution is 7.99. The van der Waals surface area contributed by atoms with Gasteiger partial charge in [-0.2, -0.15) is 5.10 Å². The number of amides is 1. The number of hydrogen-bond acceptors (Lipinski definition) is 8. The van der Waals surface area contributed by atoms with Gasteiger partial charge in [0.15, 0.2) is 5.16 Å². The van der Waals surface area contributed by atoms with Crippen molar-refractivity contribution in [1.82, 2.24) is 15.4 Å². The molecule has 0 aromatic carbocycles.